The molecule has 0 saturated heterocycles. The first kappa shape index (κ1) is 13.2. The highest BCUT2D eigenvalue weighted by Crippen LogP contribution is 2.31. The van der Waals surface area contributed by atoms with Crippen LogP contribution in [-0.2, 0) is 0 Å². The summed E-state index contributed by atoms with van der Waals surface area (Å²) in [6, 6.07) is 4.02. The van der Waals surface area contributed by atoms with E-state index in [4.69, 9.17) is 28.9 Å². The Kier molecular flexibility index (Phi) is 3.50. The van der Waals surface area contributed by atoms with Gasteiger partial charge in [-0.05, 0) is 31.5 Å². The van der Waals surface area contributed by atoms with Gasteiger partial charge in [-0.25, -0.2) is 9.07 Å². The zero-order valence-corrected chi connectivity index (χ0v) is 11.4. The molecule has 18 heavy (non-hydrogen) atoms. The summed E-state index contributed by atoms with van der Waals surface area (Å²) in [4.78, 5) is 0. The lowest BCUT2D eigenvalue weighted by Crippen LogP contribution is -2.12. The van der Waals surface area contributed by atoms with Crippen LogP contribution in [0.5, 0.6) is 0 Å². The number of nitrogens with zero attached hydrogens (tertiary/aromatic N) is 2. The molecule has 1 unspecified atom stereocenters. The van der Waals surface area contributed by atoms with Gasteiger partial charge in [0.05, 0.1) is 11.7 Å². The second kappa shape index (κ2) is 4.78. The molecule has 6 heteroatoms. The van der Waals surface area contributed by atoms with Gasteiger partial charge in [-0.3, -0.25) is 0 Å². The van der Waals surface area contributed by atoms with Crippen LogP contribution < -0.4 is 5.73 Å². The van der Waals surface area contributed by atoms with Gasteiger partial charge in [0.25, 0.3) is 0 Å². The van der Waals surface area contributed by atoms with E-state index in [1.807, 2.05) is 6.92 Å². The molecule has 0 amide bonds. The minimum Gasteiger partial charge on any atom is -0.383 e. The number of aromatic nitrogens is 2. The third-order valence-electron chi connectivity index (χ3n) is 2.83. The van der Waals surface area contributed by atoms with Crippen LogP contribution in [0.1, 0.15) is 24.2 Å². The average molecular weight is 288 g/mol. The predicted molar refractivity (Wildman–Crippen MR) is 71.6 cm³/mol. The quantitative estimate of drug-likeness (QED) is 0.912. The van der Waals surface area contributed by atoms with E-state index < -0.39 is 0 Å². The van der Waals surface area contributed by atoms with E-state index in [2.05, 4.69) is 5.10 Å². The van der Waals surface area contributed by atoms with Crippen molar-refractivity contribution in [1.82, 2.24) is 9.78 Å². The van der Waals surface area contributed by atoms with E-state index in [-0.39, 0.29) is 11.9 Å². The minimum absolute atomic E-state index is 0.218. The smallest absolute Gasteiger partial charge is 0.141 e. The molecule has 1 aromatic carbocycles. The largest absolute Gasteiger partial charge is 0.383 e. The average Bonchev–Trinajstić information content (AvgIpc) is 2.56. The van der Waals surface area contributed by atoms with Gasteiger partial charge < -0.3 is 5.73 Å². The number of halogens is 3. The molecule has 1 atom stereocenters. The van der Waals surface area contributed by atoms with Crippen molar-refractivity contribution in [3.63, 3.8) is 0 Å². The molecule has 0 spiro atoms. The summed E-state index contributed by atoms with van der Waals surface area (Å²) in [6.45, 7) is 3.65. The normalized spacial score (nSPS) is 12.7. The standard InChI is InChI=1S/C12H12Cl2FN3/c1-6-11(14)12(16)18(17-6)7(2)9-4-3-8(15)5-10(9)13/h3-5,7H,16H2,1-2H3. The molecular weight excluding hydrogens is 276 g/mol. The van der Waals surface area contributed by atoms with E-state index in [0.29, 0.717) is 21.6 Å². The van der Waals surface area contributed by atoms with Crippen molar-refractivity contribution in [1.29, 1.82) is 0 Å². The van der Waals surface area contributed by atoms with Gasteiger partial charge in [-0.1, -0.05) is 29.3 Å². The summed E-state index contributed by atoms with van der Waals surface area (Å²) < 4.78 is 14.6. The van der Waals surface area contributed by atoms with Crippen molar-refractivity contribution in [2.45, 2.75) is 19.9 Å². The molecule has 96 valence electrons. The number of benzene rings is 1. The van der Waals surface area contributed by atoms with Gasteiger partial charge >= 0.3 is 0 Å². The number of nitrogens with two attached hydrogens (primary N) is 1. The highest BCUT2D eigenvalue weighted by Gasteiger charge is 2.18. The topological polar surface area (TPSA) is 43.8 Å². The van der Waals surface area contributed by atoms with Crippen molar-refractivity contribution in [3.05, 3.63) is 45.3 Å². The van der Waals surface area contributed by atoms with E-state index in [1.165, 1.54) is 12.1 Å². The van der Waals surface area contributed by atoms with Crippen molar-refractivity contribution in [2.24, 2.45) is 0 Å². The fourth-order valence-electron chi connectivity index (χ4n) is 1.81. The third-order valence-corrected chi connectivity index (χ3v) is 3.62. The lowest BCUT2D eigenvalue weighted by molar-refractivity contribution is 0.566. The van der Waals surface area contributed by atoms with Crippen LogP contribution in [0, 0.1) is 12.7 Å². The van der Waals surface area contributed by atoms with Gasteiger partial charge in [-0.15, -0.1) is 0 Å². The number of aryl methyl sites for hydroxylation is 1. The Morgan fingerprint density at radius 2 is 2.06 bits per heavy atom. The van der Waals surface area contributed by atoms with E-state index in [9.17, 15) is 4.39 Å². The Hall–Kier alpha value is -1.26. The van der Waals surface area contributed by atoms with Crippen molar-refractivity contribution < 1.29 is 4.39 Å². The Labute approximate surface area is 114 Å². The molecule has 0 bridgehead atoms. The molecule has 2 rings (SSSR count). The lowest BCUT2D eigenvalue weighted by Gasteiger charge is -2.15. The fraction of sp³-hybridized carbons (Fsp3) is 0.250. The molecule has 0 aliphatic carbocycles. The summed E-state index contributed by atoms with van der Waals surface area (Å²) in [6.07, 6.45) is 0. The first-order chi connectivity index (χ1) is 8.41. The van der Waals surface area contributed by atoms with E-state index in [0.717, 1.165) is 5.56 Å². The number of anilines is 1. The molecule has 0 fully saturated rings. The molecule has 1 heterocycles. The van der Waals surface area contributed by atoms with Gasteiger partial charge in [-0.2, -0.15) is 5.10 Å². The lowest BCUT2D eigenvalue weighted by atomic mass is 10.1. The SMILES string of the molecule is Cc1nn(C(C)c2ccc(F)cc2Cl)c(N)c1Cl. The molecule has 0 aliphatic rings. The van der Waals surface area contributed by atoms with Crippen LogP contribution in [-0.4, -0.2) is 9.78 Å². The van der Waals surface area contributed by atoms with E-state index >= 15 is 0 Å². The second-order valence-electron chi connectivity index (χ2n) is 4.07. The van der Waals surface area contributed by atoms with Crippen LogP contribution >= 0.6 is 23.2 Å². The van der Waals surface area contributed by atoms with Crippen molar-refractivity contribution in [2.75, 3.05) is 5.73 Å². The summed E-state index contributed by atoms with van der Waals surface area (Å²) >= 11 is 12.0. The zero-order valence-electron chi connectivity index (χ0n) is 9.92. The highest BCUT2D eigenvalue weighted by molar-refractivity contribution is 6.33. The van der Waals surface area contributed by atoms with Crippen molar-refractivity contribution >= 4 is 29.0 Å². The molecule has 1 aromatic heterocycles. The fourth-order valence-corrected chi connectivity index (χ4v) is 2.26. The third kappa shape index (κ3) is 2.18. The number of rotatable bonds is 2. The summed E-state index contributed by atoms with van der Waals surface area (Å²) in [5, 5.41) is 5.03. The van der Waals surface area contributed by atoms with Crippen LogP contribution in [0.3, 0.4) is 0 Å². The first-order valence-corrected chi connectivity index (χ1v) is 6.12. The Morgan fingerprint density at radius 1 is 1.39 bits per heavy atom. The van der Waals surface area contributed by atoms with E-state index in [1.54, 1.807) is 17.7 Å². The molecular formula is C12H12Cl2FN3. The van der Waals surface area contributed by atoms with Gasteiger partial charge in [0.2, 0.25) is 0 Å². The minimum atomic E-state index is -0.376. The molecule has 2 aromatic rings. The van der Waals surface area contributed by atoms with Gasteiger partial charge in [0.15, 0.2) is 0 Å². The van der Waals surface area contributed by atoms with Gasteiger partial charge in [0, 0.05) is 5.02 Å². The number of hydrogen-bond acceptors (Lipinski definition) is 2. The number of nitrogen functional groups attached to an aromatic ring is 1. The van der Waals surface area contributed by atoms with Crippen molar-refractivity contribution in [3.8, 4) is 0 Å². The van der Waals surface area contributed by atoms with Crippen LogP contribution in [0.4, 0.5) is 10.2 Å². The van der Waals surface area contributed by atoms with Crippen LogP contribution in [0.15, 0.2) is 18.2 Å². The van der Waals surface area contributed by atoms with Crippen LogP contribution in [0.2, 0.25) is 10.0 Å². The van der Waals surface area contributed by atoms with Crippen LogP contribution in [0.25, 0.3) is 0 Å². The second-order valence-corrected chi connectivity index (χ2v) is 4.86. The molecule has 2 N–H and O–H groups in total. The summed E-state index contributed by atoms with van der Waals surface area (Å²) in [5.74, 6) is 0.000610. The highest BCUT2D eigenvalue weighted by atomic mass is 35.5. The number of hydrogen-bond donors (Lipinski definition) is 1. The maximum absolute atomic E-state index is 13.0. The van der Waals surface area contributed by atoms with Gasteiger partial charge in [0.1, 0.15) is 16.7 Å². The predicted octanol–water partition coefficient (Wildman–Crippen LogP) is 3.83. The molecule has 3 nitrogen and oxygen atoms in total. The zero-order chi connectivity index (χ0) is 13.4. The molecule has 0 saturated carbocycles. The first-order valence-electron chi connectivity index (χ1n) is 5.37. The monoisotopic (exact) mass is 287 g/mol. The maximum Gasteiger partial charge on any atom is 0.141 e. The summed E-state index contributed by atoms with van der Waals surface area (Å²) in [7, 11) is 0. The summed E-state index contributed by atoms with van der Waals surface area (Å²) in [5.41, 5.74) is 7.26. The molecule has 0 aliphatic heterocycles. The Balaban J connectivity index is 2.47. The Bertz CT molecular complexity index is 595. The Morgan fingerprint density at radius 3 is 2.56 bits per heavy atom. The molecule has 0 radical (unpaired) electrons. The maximum atomic E-state index is 13.0.